The summed E-state index contributed by atoms with van der Waals surface area (Å²) in [5, 5.41) is 8.74. The molecule has 0 fully saturated rings. The van der Waals surface area contributed by atoms with Gasteiger partial charge < -0.3 is 36.8 Å². The largest absolute Gasteiger partial charge is 1.00 e. The first-order chi connectivity index (χ1) is 27.9. The van der Waals surface area contributed by atoms with Gasteiger partial charge in [0.15, 0.2) is 0 Å². The summed E-state index contributed by atoms with van der Waals surface area (Å²) in [4.78, 5) is 4.06. The Bertz CT molecular complexity index is 1560. The highest BCUT2D eigenvalue weighted by Crippen LogP contribution is 2.40. The predicted molar refractivity (Wildman–Crippen MR) is 289 cm³/mol. The van der Waals surface area contributed by atoms with Gasteiger partial charge in [-0.05, 0) is 110 Å². The maximum atomic E-state index is 10.9. The highest BCUT2D eigenvalue weighted by atomic mass is 35.7. The van der Waals surface area contributed by atoms with E-state index in [4.69, 9.17) is 14.6 Å². The van der Waals surface area contributed by atoms with Gasteiger partial charge in [-0.15, -0.1) is 0 Å². The predicted octanol–water partition coefficient (Wildman–Crippen LogP) is 9.32. The zero-order valence-electron chi connectivity index (χ0n) is 42.3. The summed E-state index contributed by atoms with van der Waals surface area (Å²) in [5.74, 6) is 1.54. The normalized spacial score (nSPS) is 11.2. The summed E-state index contributed by atoms with van der Waals surface area (Å²) in [6, 6.07) is 16.3. The zero-order valence-corrected chi connectivity index (χ0v) is 45.5. The van der Waals surface area contributed by atoms with Crippen LogP contribution in [0.5, 0.6) is 11.5 Å². The van der Waals surface area contributed by atoms with Crippen LogP contribution in [0.15, 0.2) is 48.5 Å². The highest BCUT2D eigenvalue weighted by Gasteiger charge is 2.30. The van der Waals surface area contributed by atoms with E-state index in [1.165, 1.54) is 56.8 Å². The van der Waals surface area contributed by atoms with Crippen LogP contribution in [0.2, 0.25) is 0 Å². The lowest BCUT2D eigenvalue weighted by molar-refractivity contribution is -0.894. The van der Waals surface area contributed by atoms with Crippen LogP contribution in [-0.4, -0.2) is 105 Å². The standard InChI is InChI=1S/C18H30O4S.C17H28O2.2C6H15N.CH3ClO2S.4CH4.ClH/c1-7-17(2,3)14-18(4,5)15-8-10-16(11-9-15)21-12-13-22-23(6,19)20;1-6-16(2,3)13-17(4,5)14-7-9-15(10-8-14)19-12-11-18;2*1-4-7(5-2)6-3;1-5(2,3)4;;;;;/h8-11H,7,12-14H2,1-6H3;7-10,18H,6,11-13H2,1-5H3;2*4-6H2,1-3H3;1H3;4*1H4;1H. The maximum Gasteiger partial charge on any atom is 0.264 e. The van der Waals surface area contributed by atoms with Gasteiger partial charge in [0, 0.05) is 10.7 Å². The molecule has 0 unspecified atom stereocenters. The molecule has 0 aliphatic rings. The number of aliphatic hydroxyl groups is 1. The molecule has 66 heavy (non-hydrogen) atoms. The first-order valence-electron chi connectivity index (χ1n) is 22.3. The number of quaternary nitrogens is 1. The van der Waals surface area contributed by atoms with Gasteiger partial charge in [0.2, 0.25) is 9.05 Å². The summed E-state index contributed by atoms with van der Waals surface area (Å²) in [6.07, 6.45) is 6.56. The number of aliphatic hydroxyl groups excluding tert-OH is 1. The van der Waals surface area contributed by atoms with E-state index < -0.39 is 19.2 Å². The molecule has 0 atom stereocenters. The molecule has 2 aromatic rings. The van der Waals surface area contributed by atoms with Crippen molar-refractivity contribution in [1.82, 2.24) is 4.90 Å². The number of benzene rings is 2. The zero-order chi connectivity index (χ0) is 48.1. The summed E-state index contributed by atoms with van der Waals surface area (Å²) >= 11 is 0. The summed E-state index contributed by atoms with van der Waals surface area (Å²) in [5.41, 5.74) is 3.54. The molecular formula is C52H108Cl2N2O8S2. The summed E-state index contributed by atoms with van der Waals surface area (Å²) in [7, 11) is -2.10. The average molecular weight is 1020 g/mol. The van der Waals surface area contributed by atoms with E-state index in [1.54, 1.807) is 4.90 Å². The Morgan fingerprint density at radius 2 is 0.848 bits per heavy atom. The van der Waals surface area contributed by atoms with Gasteiger partial charge in [-0.25, -0.2) is 8.42 Å². The number of ether oxygens (including phenoxy) is 2. The molecule has 0 spiro atoms. The van der Waals surface area contributed by atoms with Crippen molar-refractivity contribution in [2.45, 2.75) is 177 Å². The fraction of sp³-hybridized carbons (Fsp3) is 0.769. The number of hydrogen-bond acceptors (Lipinski definition) is 9. The fourth-order valence-electron chi connectivity index (χ4n) is 6.78. The molecule has 0 bridgehead atoms. The van der Waals surface area contributed by atoms with Gasteiger partial charge in [0.25, 0.3) is 10.1 Å². The molecule has 0 heterocycles. The van der Waals surface area contributed by atoms with Crippen molar-refractivity contribution in [3.63, 3.8) is 0 Å². The molecule has 400 valence electrons. The summed E-state index contributed by atoms with van der Waals surface area (Å²) in [6.45, 7) is 44.1. The smallest absolute Gasteiger partial charge is 0.264 e. The van der Waals surface area contributed by atoms with Gasteiger partial charge in [-0.1, -0.05) is 157 Å². The third-order valence-electron chi connectivity index (χ3n) is 10.9. The van der Waals surface area contributed by atoms with E-state index in [0.29, 0.717) is 17.4 Å². The summed E-state index contributed by atoms with van der Waals surface area (Å²) < 4.78 is 56.1. The SMILES string of the molecule is C.C.C.C.CCC(C)(C)CC(C)(C)c1ccc(OCCO)cc1.CCC(C)(C)CC(C)(C)c1ccc(OCCOS(C)(=O)=O)cc1.CCN(CC)CC.CC[NH+](CC)CC.CS(=O)(=O)Cl.[Cl-]. The second-order valence-corrected chi connectivity index (χ2v) is 23.0. The molecule has 0 aromatic heterocycles. The van der Waals surface area contributed by atoms with Crippen molar-refractivity contribution in [2.75, 3.05) is 78.2 Å². The molecule has 14 heteroatoms. The molecule has 0 saturated heterocycles. The van der Waals surface area contributed by atoms with Crippen LogP contribution in [0.3, 0.4) is 0 Å². The second-order valence-electron chi connectivity index (χ2n) is 18.3. The number of halogens is 2. The fourth-order valence-corrected chi connectivity index (χ4v) is 7.15. The Labute approximate surface area is 422 Å². The van der Waals surface area contributed by atoms with E-state index in [0.717, 1.165) is 43.3 Å². The molecular weight excluding hydrogens is 916 g/mol. The first-order valence-corrected chi connectivity index (χ1v) is 26.9. The van der Waals surface area contributed by atoms with Crippen LogP contribution < -0.4 is 26.8 Å². The Balaban J connectivity index is -0.000000117. The Morgan fingerprint density at radius 1 is 0.561 bits per heavy atom. The minimum Gasteiger partial charge on any atom is -1.00 e. The number of nitrogens with one attached hydrogen (secondary N) is 1. The van der Waals surface area contributed by atoms with Gasteiger partial charge in [-0.2, -0.15) is 8.42 Å². The lowest BCUT2D eigenvalue weighted by atomic mass is 9.70. The van der Waals surface area contributed by atoms with Crippen LogP contribution in [0, 0.1) is 10.8 Å². The maximum absolute atomic E-state index is 10.9. The van der Waals surface area contributed by atoms with Crippen molar-refractivity contribution < 1.29 is 52.9 Å². The molecule has 0 amide bonds. The molecule has 0 aliphatic carbocycles. The van der Waals surface area contributed by atoms with Gasteiger partial charge >= 0.3 is 0 Å². The number of hydrogen-bond donors (Lipinski definition) is 2. The quantitative estimate of drug-likeness (QED) is 0.0675. The van der Waals surface area contributed by atoms with E-state index in [1.807, 2.05) is 24.3 Å². The van der Waals surface area contributed by atoms with Crippen molar-refractivity contribution in [3.8, 4) is 11.5 Å². The van der Waals surface area contributed by atoms with Crippen molar-refractivity contribution in [2.24, 2.45) is 10.8 Å². The van der Waals surface area contributed by atoms with Gasteiger partial charge in [0.05, 0.1) is 38.8 Å². The monoisotopic (exact) mass is 1020 g/mol. The molecule has 0 aliphatic heterocycles. The van der Waals surface area contributed by atoms with E-state index in [9.17, 15) is 16.8 Å². The molecule has 2 N–H and O–H groups in total. The van der Waals surface area contributed by atoms with Crippen LogP contribution in [0.4, 0.5) is 0 Å². The van der Waals surface area contributed by atoms with Crippen molar-refractivity contribution in [3.05, 3.63) is 59.7 Å². The van der Waals surface area contributed by atoms with Crippen molar-refractivity contribution >= 4 is 29.9 Å². The topological polar surface area (TPSA) is 124 Å². The van der Waals surface area contributed by atoms with Crippen molar-refractivity contribution in [1.29, 1.82) is 0 Å². The molecule has 2 rings (SSSR count). The number of rotatable bonds is 22. The molecule has 10 nitrogen and oxygen atoms in total. The molecule has 0 radical (unpaired) electrons. The van der Waals surface area contributed by atoms with Crippen LogP contribution in [0.25, 0.3) is 0 Å². The third kappa shape index (κ3) is 44.8. The average Bonchev–Trinajstić information content (AvgIpc) is 3.16. The molecule has 2 aromatic carbocycles. The lowest BCUT2D eigenvalue weighted by Gasteiger charge is -2.35. The van der Waals surface area contributed by atoms with Gasteiger partial charge in [0.1, 0.15) is 31.3 Å². The van der Waals surface area contributed by atoms with Gasteiger partial charge in [-0.3, -0.25) is 4.18 Å². The van der Waals surface area contributed by atoms with E-state index in [2.05, 4.69) is 155 Å². The van der Waals surface area contributed by atoms with Crippen LogP contribution in [-0.2, 0) is 34.2 Å². The Hall–Kier alpha value is -1.64. The van der Waals surface area contributed by atoms with E-state index >= 15 is 0 Å². The van der Waals surface area contributed by atoms with Crippen LogP contribution in [0.1, 0.15) is 177 Å². The highest BCUT2D eigenvalue weighted by molar-refractivity contribution is 8.13. The third-order valence-corrected chi connectivity index (χ3v) is 11.5. The minimum atomic E-state index is -3.40. The van der Waals surface area contributed by atoms with Crippen LogP contribution >= 0.6 is 10.7 Å². The lowest BCUT2D eigenvalue weighted by Crippen LogP contribution is -3.11. The van der Waals surface area contributed by atoms with E-state index in [-0.39, 0.29) is 72.8 Å². The molecule has 0 saturated carbocycles. The number of nitrogens with zero attached hydrogens (tertiary/aromatic N) is 1. The Kier molecular flexibility index (Phi) is 50.7. The first kappa shape index (κ1) is 81.3. The second kappa shape index (κ2) is 41.2. The Morgan fingerprint density at radius 3 is 1.05 bits per heavy atom. The minimum absolute atomic E-state index is 0.